The topological polar surface area (TPSA) is 130 Å². The van der Waals surface area contributed by atoms with Crippen LogP contribution in [-0.2, 0) is 16.2 Å². The summed E-state index contributed by atoms with van der Waals surface area (Å²) in [6, 6.07) is 16.4. The third kappa shape index (κ3) is 6.37. The minimum atomic E-state index is -1.55. The number of pyridine rings is 1. The molecule has 0 aliphatic heterocycles. The Morgan fingerprint density at radius 2 is 1.64 bits per heavy atom. The number of aromatic nitrogens is 1. The molecule has 1 atom stereocenters. The van der Waals surface area contributed by atoms with Crippen LogP contribution in [0.25, 0.3) is 10.9 Å². The van der Waals surface area contributed by atoms with E-state index in [2.05, 4.69) is 15.6 Å². The van der Waals surface area contributed by atoms with Gasteiger partial charge in [-0.1, -0.05) is 39.0 Å². The quantitative estimate of drug-likeness (QED) is 0.282. The standard InChI is InChI=1S/C27H32N4O5/c1-17-14-19(21-8-6-7-9-22(21)29-17)15-36-20-12-10-18(11-13-20)23(32)28-16-27(5,25(34)31-35)30-24(33)26(2,3)4/h6-14,35H,15-16H2,1-5H3,(H,28,32)(H,30,33)(H,31,34). The number of ether oxygens (including phenoxy) is 1. The van der Waals surface area contributed by atoms with E-state index >= 15 is 0 Å². The van der Waals surface area contributed by atoms with Gasteiger partial charge in [-0.05, 0) is 50.2 Å². The molecule has 0 bridgehead atoms. The van der Waals surface area contributed by atoms with Crippen LogP contribution in [0.3, 0.4) is 0 Å². The van der Waals surface area contributed by atoms with Gasteiger partial charge >= 0.3 is 0 Å². The first kappa shape index (κ1) is 26.6. The van der Waals surface area contributed by atoms with Crippen molar-refractivity contribution < 1.29 is 24.3 Å². The molecule has 3 amide bonds. The lowest BCUT2D eigenvalue weighted by Crippen LogP contribution is -2.63. The monoisotopic (exact) mass is 492 g/mol. The first-order valence-corrected chi connectivity index (χ1v) is 11.6. The summed E-state index contributed by atoms with van der Waals surface area (Å²) in [4.78, 5) is 41.9. The van der Waals surface area contributed by atoms with E-state index in [0.717, 1.165) is 22.2 Å². The van der Waals surface area contributed by atoms with Crippen molar-refractivity contribution in [2.45, 2.75) is 46.8 Å². The average molecular weight is 493 g/mol. The van der Waals surface area contributed by atoms with Gasteiger partial charge in [-0.3, -0.25) is 24.6 Å². The number of fused-ring (bicyclic) bond motifs is 1. The van der Waals surface area contributed by atoms with Crippen LogP contribution in [0.5, 0.6) is 5.75 Å². The molecule has 9 heteroatoms. The maximum atomic E-state index is 12.7. The molecule has 0 spiro atoms. The van der Waals surface area contributed by atoms with Crippen molar-refractivity contribution in [1.29, 1.82) is 0 Å². The zero-order valence-corrected chi connectivity index (χ0v) is 21.1. The molecule has 2 aromatic carbocycles. The van der Waals surface area contributed by atoms with Crippen molar-refractivity contribution in [3.63, 3.8) is 0 Å². The van der Waals surface area contributed by atoms with Crippen LogP contribution in [0.1, 0.15) is 49.3 Å². The highest BCUT2D eigenvalue weighted by Gasteiger charge is 2.38. The zero-order chi connectivity index (χ0) is 26.5. The van der Waals surface area contributed by atoms with Crippen molar-refractivity contribution in [1.82, 2.24) is 21.1 Å². The van der Waals surface area contributed by atoms with E-state index in [1.165, 1.54) is 6.92 Å². The second-order valence-electron chi connectivity index (χ2n) is 9.91. The molecule has 0 saturated heterocycles. The molecule has 1 aromatic heterocycles. The van der Waals surface area contributed by atoms with E-state index < -0.39 is 28.7 Å². The molecule has 190 valence electrons. The number of aryl methyl sites for hydroxylation is 1. The Morgan fingerprint density at radius 1 is 0.972 bits per heavy atom. The number of para-hydroxylation sites is 1. The highest BCUT2D eigenvalue weighted by atomic mass is 16.5. The van der Waals surface area contributed by atoms with Gasteiger partial charge in [0, 0.05) is 34.2 Å². The molecule has 0 aliphatic carbocycles. The fourth-order valence-corrected chi connectivity index (χ4v) is 3.48. The number of carbonyl (C=O) groups is 3. The van der Waals surface area contributed by atoms with Gasteiger partial charge in [-0.25, -0.2) is 5.48 Å². The van der Waals surface area contributed by atoms with E-state index in [0.29, 0.717) is 17.9 Å². The largest absolute Gasteiger partial charge is 0.489 e. The molecule has 0 fully saturated rings. The van der Waals surface area contributed by atoms with Gasteiger partial charge in [0.1, 0.15) is 17.9 Å². The number of nitrogens with zero attached hydrogens (tertiary/aromatic N) is 1. The Labute approximate surface area is 210 Å². The van der Waals surface area contributed by atoms with Crippen LogP contribution < -0.4 is 20.9 Å². The lowest BCUT2D eigenvalue weighted by Gasteiger charge is -2.31. The Hall–Kier alpha value is -3.98. The van der Waals surface area contributed by atoms with Gasteiger partial charge in [-0.2, -0.15) is 0 Å². The molecule has 3 rings (SSSR count). The van der Waals surface area contributed by atoms with E-state index in [1.54, 1.807) is 50.5 Å². The predicted octanol–water partition coefficient (Wildman–Crippen LogP) is 3.28. The number of hydrogen-bond donors (Lipinski definition) is 4. The van der Waals surface area contributed by atoms with Gasteiger partial charge in [0.15, 0.2) is 0 Å². The molecule has 9 nitrogen and oxygen atoms in total. The Balaban J connectivity index is 1.64. The summed E-state index contributed by atoms with van der Waals surface area (Å²) in [5.74, 6) is -1.10. The number of hydroxylamine groups is 1. The van der Waals surface area contributed by atoms with Crippen LogP contribution in [0.2, 0.25) is 0 Å². The summed E-state index contributed by atoms with van der Waals surface area (Å²) < 4.78 is 5.94. The van der Waals surface area contributed by atoms with Gasteiger partial charge < -0.3 is 15.4 Å². The fourth-order valence-electron chi connectivity index (χ4n) is 3.48. The Bertz CT molecular complexity index is 1270. The Kier molecular flexibility index (Phi) is 7.94. The van der Waals surface area contributed by atoms with Crippen molar-refractivity contribution in [2.24, 2.45) is 5.41 Å². The summed E-state index contributed by atoms with van der Waals surface area (Å²) >= 11 is 0. The maximum Gasteiger partial charge on any atom is 0.270 e. The van der Waals surface area contributed by atoms with E-state index in [9.17, 15) is 14.4 Å². The number of hydrogen-bond acceptors (Lipinski definition) is 6. The summed E-state index contributed by atoms with van der Waals surface area (Å²) in [7, 11) is 0. The third-order valence-corrected chi connectivity index (χ3v) is 5.72. The summed E-state index contributed by atoms with van der Waals surface area (Å²) in [6.45, 7) is 8.56. The smallest absolute Gasteiger partial charge is 0.270 e. The average Bonchev–Trinajstić information content (AvgIpc) is 2.84. The molecular weight excluding hydrogens is 460 g/mol. The maximum absolute atomic E-state index is 12.7. The first-order valence-electron chi connectivity index (χ1n) is 11.6. The van der Waals surface area contributed by atoms with E-state index in [1.807, 2.05) is 37.3 Å². The lowest BCUT2D eigenvalue weighted by atomic mass is 9.92. The molecule has 3 aromatic rings. The van der Waals surface area contributed by atoms with Gasteiger partial charge in [0.25, 0.3) is 11.8 Å². The summed E-state index contributed by atoms with van der Waals surface area (Å²) in [6.07, 6.45) is 0. The molecule has 1 heterocycles. The minimum Gasteiger partial charge on any atom is -0.489 e. The van der Waals surface area contributed by atoms with Crippen LogP contribution in [0, 0.1) is 12.3 Å². The Morgan fingerprint density at radius 3 is 2.28 bits per heavy atom. The number of rotatable bonds is 8. The zero-order valence-electron chi connectivity index (χ0n) is 21.1. The molecule has 0 saturated carbocycles. The molecule has 36 heavy (non-hydrogen) atoms. The van der Waals surface area contributed by atoms with Gasteiger partial charge in [0.05, 0.1) is 5.52 Å². The molecule has 0 radical (unpaired) electrons. The van der Waals surface area contributed by atoms with Crippen LogP contribution in [-0.4, -0.2) is 40.0 Å². The highest BCUT2D eigenvalue weighted by molar-refractivity contribution is 5.96. The van der Waals surface area contributed by atoms with Crippen molar-refractivity contribution in [3.8, 4) is 5.75 Å². The second-order valence-corrected chi connectivity index (χ2v) is 9.91. The van der Waals surface area contributed by atoms with E-state index in [-0.39, 0.29) is 6.54 Å². The second kappa shape index (κ2) is 10.7. The van der Waals surface area contributed by atoms with Crippen molar-refractivity contribution in [3.05, 3.63) is 71.4 Å². The van der Waals surface area contributed by atoms with Gasteiger partial charge in [-0.15, -0.1) is 0 Å². The lowest BCUT2D eigenvalue weighted by molar-refractivity contribution is -0.141. The number of carbonyl (C=O) groups excluding carboxylic acids is 3. The van der Waals surface area contributed by atoms with Crippen molar-refractivity contribution >= 4 is 28.6 Å². The molecule has 0 aliphatic rings. The number of benzene rings is 2. The van der Waals surface area contributed by atoms with E-state index in [4.69, 9.17) is 9.94 Å². The third-order valence-electron chi connectivity index (χ3n) is 5.72. The van der Waals surface area contributed by atoms with Crippen LogP contribution in [0.15, 0.2) is 54.6 Å². The summed E-state index contributed by atoms with van der Waals surface area (Å²) in [5, 5.41) is 15.4. The predicted molar refractivity (Wildman–Crippen MR) is 136 cm³/mol. The highest BCUT2D eigenvalue weighted by Crippen LogP contribution is 2.21. The fraction of sp³-hybridized carbons (Fsp3) is 0.333. The molecule has 1 unspecified atom stereocenters. The van der Waals surface area contributed by atoms with Crippen LogP contribution in [0.4, 0.5) is 0 Å². The first-order chi connectivity index (χ1) is 16.9. The van der Waals surface area contributed by atoms with Crippen LogP contribution >= 0.6 is 0 Å². The van der Waals surface area contributed by atoms with Gasteiger partial charge in [0.2, 0.25) is 5.91 Å². The minimum absolute atomic E-state index is 0.229. The number of amides is 3. The molecule has 4 N–H and O–H groups in total. The number of nitrogens with one attached hydrogen (secondary N) is 3. The van der Waals surface area contributed by atoms with Crippen molar-refractivity contribution in [2.75, 3.05) is 6.54 Å². The SMILES string of the molecule is Cc1cc(COc2ccc(C(=O)NCC(C)(NC(=O)C(C)(C)C)C(=O)NO)cc2)c2ccccc2n1. The normalized spacial score (nSPS) is 12.9. The summed E-state index contributed by atoms with van der Waals surface area (Å²) in [5.41, 5.74) is 2.40. The molecular formula is C27H32N4O5.